The molecule has 1 fully saturated rings. The van der Waals surface area contributed by atoms with Gasteiger partial charge in [0, 0.05) is 14.2 Å². The summed E-state index contributed by atoms with van der Waals surface area (Å²) in [4.78, 5) is 13.2. The van der Waals surface area contributed by atoms with E-state index in [2.05, 4.69) is 0 Å². The molecule has 4 nitrogen and oxygen atoms in total. The number of hydrogen-bond donors (Lipinski definition) is 0. The highest BCUT2D eigenvalue weighted by Gasteiger charge is 2.43. The number of hydrogen-bond acceptors (Lipinski definition) is 3. The SMILES string of the molecule is CO[C@@H]1C[C@H]1N(C)C(=O)OC(C)(C)C. The molecule has 0 unspecified atom stereocenters. The van der Waals surface area contributed by atoms with E-state index >= 15 is 0 Å². The van der Waals surface area contributed by atoms with Crippen molar-refractivity contribution in [3.05, 3.63) is 0 Å². The van der Waals surface area contributed by atoms with Crippen molar-refractivity contribution in [3.63, 3.8) is 0 Å². The van der Waals surface area contributed by atoms with Gasteiger partial charge in [-0.1, -0.05) is 0 Å². The molecule has 4 heteroatoms. The minimum atomic E-state index is -0.428. The second kappa shape index (κ2) is 3.77. The molecule has 0 aromatic rings. The van der Waals surface area contributed by atoms with E-state index in [1.165, 1.54) is 0 Å². The van der Waals surface area contributed by atoms with Crippen LogP contribution in [0.4, 0.5) is 4.79 Å². The lowest BCUT2D eigenvalue weighted by molar-refractivity contribution is 0.0245. The highest BCUT2D eigenvalue weighted by atomic mass is 16.6. The number of nitrogens with zero attached hydrogens (tertiary/aromatic N) is 1. The first kappa shape index (κ1) is 11.3. The molecular weight excluding hydrogens is 182 g/mol. The summed E-state index contributed by atoms with van der Waals surface area (Å²) < 4.78 is 10.4. The smallest absolute Gasteiger partial charge is 0.410 e. The number of carbonyl (C=O) groups is 1. The number of likely N-dealkylation sites (N-methyl/N-ethyl adjacent to an activating group) is 1. The summed E-state index contributed by atoms with van der Waals surface area (Å²) in [6, 6.07) is 0.190. The molecule has 0 heterocycles. The maximum absolute atomic E-state index is 11.5. The lowest BCUT2D eigenvalue weighted by Gasteiger charge is -2.24. The number of ether oxygens (including phenoxy) is 2. The van der Waals surface area contributed by atoms with Crippen LogP contribution >= 0.6 is 0 Å². The van der Waals surface area contributed by atoms with E-state index in [0.717, 1.165) is 6.42 Å². The van der Waals surface area contributed by atoms with E-state index in [1.807, 2.05) is 20.8 Å². The van der Waals surface area contributed by atoms with E-state index in [9.17, 15) is 4.79 Å². The number of carbonyl (C=O) groups excluding carboxylic acids is 1. The zero-order valence-corrected chi connectivity index (χ0v) is 9.53. The predicted molar refractivity (Wildman–Crippen MR) is 53.2 cm³/mol. The first-order valence-electron chi connectivity index (χ1n) is 4.84. The largest absolute Gasteiger partial charge is 0.444 e. The Kier molecular flexibility index (Phi) is 3.04. The minimum absolute atomic E-state index is 0.188. The molecule has 1 rings (SSSR count). The van der Waals surface area contributed by atoms with Crippen molar-refractivity contribution in [2.45, 2.75) is 44.9 Å². The van der Waals surface area contributed by atoms with Crippen molar-refractivity contribution in [1.82, 2.24) is 4.90 Å². The van der Waals surface area contributed by atoms with Crippen molar-refractivity contribution in [2.24, 2.45) is 0 Å². The number of rotatable bonds is 2. The summed E-state index contributed by atoms with van der Waals surface area (Å²) in [5.74, 6) is 0. The molecule has 1 saturated carbocycles. The number of amides is 1. The van der Waals surface area contributed by atoms with E-state index in [4.69, 9.17) is 9.47 Å². The van der Waals surface area contributed by atoms with Crippen LogP contribution in [0.15, 0.2) is 0 Å². The zero-order valence-electron chi connectivity index (χ0n) is 9.53. The summed E-state index contributed by atoms with van der Waals surface area (Å²) in [6.45, 7) is 5.58. The van der Waals surface area contributed by atoms with Crippen LogP contribution in [0.1, 0.15) is 27.2 Å². The van der Waals surface area contributed by atoms with Crippen LogP contribution in [0.2, 0.25) is 0 Å². The fourth-order valence-corrected chi connectivity index (χ4v) is 1.29. The minimum Gasteiger partial charge on any atom is -0.444 e. The van der Waals surface area contributed by atoms with Crippen molar-refractivity contribution in [3.8, 4) is 0 Å². The molecule has 82 valence electrons. The van der Waals surface area contributed by atoms with E-state index in [0.29, 0.717) is 0 Å². The van der Waals surface area contributed by atoms with Crippen LogP contribution in [0.25, 0.3) is 0 Å². The first-order chi connectivity index (χ1) is 6.35. The Morgan fingerprint density at radius 3 is 2.36 bits per heavy atom. The molecule has 0 aromatic heterocycles. The molecule has 0 aliphatic heterocycles. The molecule has 0 saturated heterocycles. The maximum Gasteiger partial charge on any atom is 0.410 e. The second-order valence-electron chi connectivity index (χ2n) is 4.67. The van der Waals surface area contributed by atoms with Crippen molar-refractivity contribution < 1.29 is 14.3 Å². The van der Waals surface area contributed by atoms with Gasteiger partial charge in [0.2, 0.25) is 0 Å². The molecule has 0 radical (unpaired) electrons. The van der Waals surface area contributed by atoms with E-state index in [-0.39, 0.29) is 18.2 Å². The lowest BCUT2D eigenvalue weighted by atomic mass is 10.2. The second-order valence-corrected chi connectivity index (χ2v) is 4.67. The molecule has 2 atom stereocenters. The Bertz CT molecular complexity index is 222. The monoisotopic (exact) mass is 201 g/mol. The fourth-order valence-electron chi connectivity index (χ4n) is 1.29. The summed E-state index contributed by atoms with van der Waals surface area (Å²) >= 11 is 0. The lowest BCUT2D eigenvalue weighted by Crippen LogP contribution is -2.36. The van der Waals surface area contributed by atoms with Crippen molar-refractivity contribution in [1.29, 1.82) is 0 Å². The molecule has 14 heavy (non-hydrogen) atoms. The molecule has 1 aliphatic carbocycles. The Hall–Kier alpha value is -0.770. The van der Waals surface area contributed by atoms with Crippen LogP contribution < -0.4 is 0 Å². The normalized spacial score (nSPS) is 25.8. The van der Waals surface area contributed by atoms with Gasteiger partial charge in [-0.3, -0.25) is 0 Å². The summed E-state index contributed by atoms with van der Waals surface area (Å²) in [5, 5.41) is 0. The van der Waals surface area contributed by atoms with Gasteiger partial charge < -0.3 is 14.4 Å². The Labute approximate surface area is 85.2 Å². The van der Waals surface area contributed by atoms with Gasteiger partial charge in [-0.15, -0.1) is 0 Å². The third-order valence-corrected chi connectivity index (χ3v) is 2.18. The van der Waals surface area contributed by atoms with Gasteiger partial charge in [0.15, 0.2) is 0 Å². The van der Waals surface area contributed by atoms with Crippen molar-refractivity contribution >= 4 is 6.09 Å². The maximum atomic E-state index is 11.5. The molecule has 0 N–H and O–H groups in total. The summed E-state index contributed by atoms with van der Waals surface area (Å²) in [5.41, 5.74) is -0.428. The van der Waals surface area contributed by atoms with Gasteiger partial charge in [0.1, 0.15) is 5.60 Å². The highest BCUT2D eigenvalue weighted by Crippen LogP contribution is 2.30. The Balaban J connectivity index is 2.39. The van der Waals surface area contributed by atoms with Crippen LogP contribution in [-0.4, -0.2) is 42.9 Å². The van der Waals surface area contributed by atoms with Crippen LogP contribution in [0.3, 0.4) is 0 Å². The zero-order chi connectivity index (χ0) is 10.9. The first-order valence-corrected chi connectivity index (χ1v) is 4.84. The molecule has 0 bridgehead atoms. The Morgan fingerprint density at radius 1 is 1.43 bits per heavy atom. The Morgan fingerprint density at radius 2 is 2.00 bits per heavy atom. The molecular formula is C10H19NO3. The molecule has 1 aliphatic rings. The predicted octanol–water partition coefficient (Wildman–Crippen LogP) is 1.64. The topological polar surface area (TPSA) is 38.8 Å². The van der Waals surface area contributed by atoms with Gasteiger partial charge >= 0.3 is 6.09 Å². The van der Waals surface area contributed by atoms with E-state index < -0.39 is 5.60 Å². The van der Waals surface area contributed by atoms with Gasteiger partial charge in [-0.2, -0.15) is 0 Å². The molecule has 0 aromatic carbocycles. The van der Waals surface area contributed by atoms with Gasteiger partial charge in [0.05, 0.1) is 12.1 Å². The standard InChI is InChI=1S/C10H19NO3/c1-10(2,3)14-9(12)11(4)7-6-8(7)13-5/h7-8H,6H2,1-5H3/t7-,8-/m1/s1. The molecule has 0 spiro atoms. The summed E-state index contributed by atoms with van der Waals surface area (Å²) in [7, 11) is 3.41. The van der Waals surface area contributed by atoms with Crippen molar-refractivity contribution in [2.75, 3.05) is 14.2 Å². The highest BCUT2D eigenvalue weighted by molar-refractivity contribution is 5.68. The van der Waals surface area contributed by atoms with Gasteiger partial charge in [-0.05, 0) is 27.2 Å². The average Bonchev–Trinajstić information content (AvgIpc) is 2.78. The van der Waals surface area contributed by atoms with Gasteiger partial charge in [0.25, 0.3) is 0 Å². The average molecular weight is 201 g/mol. The van der Waals surface area contributed by atoms with Crippen LogP contribution in [0, 0.1) is 0 Å². The summed E-state index contributed by atoms with van der Waals surface area (Å²) in [6.07, 6.45) is 0.821. The third kappa shape index (κ3) is 2.87. The van der Waals surface area contributed by atoms with Crippen LogP contribution in [0.5, 0.6) is 0 Å². The van der Waals surface area contributed by atoms with Crippen LogP contribution in [-0.2, 0) is 9.47 Å². The quantitative estimate of drug-likeness (QED) is 0.681. The van der Waals surface area contributed by atoms with E-state index in [1.54, 1.807) is 19.1 Å². The van der Waals surface area contributed by atoms with Gasteiger partial charge in [-0.25, -0.2) is 4.79 Å². The fraction of sp³-hybridized carbons (Fsp3) is 0.900. The molecule has 1 amide bonds. The number of methoxy groups -OCH3 is 1. The third-order valence-electron chi connectivity index (χ3n) is 2.18.